The van der Waals surface area contributed by atoms with Crippen LogP contribution in [-0.2, 0) is 17.9 Å². The van der Waals surface area contributed by atoms with Crippen LogP contribution in [0.15, 0.2) is 59.3 Å². The van der Waals surface area contributed by atoms with E-state index in [9.17, 15) is 18.8 Å². The van der Waals surface area contributed by atoms with E-state index in [0.29, 0.717) is 11.1 Å². The number of carbonyl (C=O) groups is 3. The van der Waals surface area contributed by atoms with E-state index >= 15 is 0 Å². The summed E-state index contributed by atoms with van der Waals surface area (Å²) in [5.41, 5.74) is 0.655. The predicted octanol–water partition coefficient (Wildman–Crippen LogP) is 3.67. The lowest BCUT2D eigenvalue weighted by Crippen LogP contribution is -2.41. The van der Waals surface area contributed by atoms with Gasteiger partial charge >= 0.3 is 0 Å². The monoisotopic (exact) mass is 565 g/mol. The lowest BCUT2D eigenvalue weighted by Gasteiger charge is -2.28. The second-order valence-electron chi connectivity index (χ2n) is 8.56. The molecule has 14 heteroatoms. The molecule has 0 saturated carbocycles. The number of hydrogen-bond acceptors (Lipinski definition) is 8. The van der Waals surface area contributed by atoms with E-state index in [0.717, 1.165) is 4.70 Å². The summed E-state index contributed by atoms with van der Waals surface area (Å²) >= 11 is 7.55. The first kappa shape index (κ1) is 24.7. The molecule has 3 amide bonds. The van der Waals surface area contributed by atoms with E-state index in [1.807, 2.05) is 12.1 Å². The highest BCUT2D eigenvalue weighted by Crippen LogP contribution is 2.36. The van der Waals surface area contributed by atoms with Gasteiger partial charge in [-0.3, -0.25) is 14.4 Å². The van der Waals surface area contributed by atoms with Crippen molar-refractivity contribution in [3.63, 3.8) is 0 Å². The molecule has 0 fully saturated rings. The van der Waals surface area contributed by atoms with Crippen molar-refractivity contribution in [2.75, 3.05) is 5.32 Å². The zero-order valence-electron chi connectivity index (χ0n) is 19.8. The van der Waals surface area contributed by atoms with Crippen LogP contribution in [-0.4, -0.2) is 36.8 Å². The minimum atomic E-state index is -1.01. The number of rotatable bonds is 6. The van der Waals surface area contributed by atoms with Gasteiger partial charge in [-0.2, -0.15) is 4.37 Å². The maximum Gasteiger partial charge on any atom is 0.287 e. The zero-order valence-corrected chi connectivity index (χ0v) is 21.3. The first-order chi connectivity index (χ1) is 18.9. The van der Waals surface area contributed by atoms with Crippen LogP contribution in [0.5, 0.6) is 0 Å². The van der Waals surface area contributed by atoms with Gasteiger partial charge in [0.05, 0.1) is 29.2 Å². The molecule has 11 nitrogen and oxygen atoms in total. The summed E-state index contributed by atoms with van der Waals surface area (Å²) in [5.74, 6) is -1.99. The number of nitrogens with one attached hydrogen (secondary N) is 3. The van der Waals surface area contributed by atoms with E-state index in [2.05, 4.69) is 30.5 Å². The van der Waals surface area contributed by atoms with Crippen LogP contribution in [0.25, 0.3) is 10.1 Å². The molecule has 1 unspecified atom stereocenters. The van der Waals surface area contributed by atoms with Crippen LogP contribution in [0.4, 0.5) is 10.2 Å². The van der Waals surface area contributed by atoms with Crippen molar-refractivity contribution in [1.29, 1.82) is 0 Å². The van der Waals surface area contributed by atoms with Gasteiger partial charge in [0.2, 0.25) is 11.7 Å². The Morgan fingerprint density at radius 3 is 2.87 bits per heavy atom. The molecule has 5 aromatic rings. The third-order valence-electron chi connectivity index (χ3n) is 6.10. The number of halogens is 2. The van der Waals surface area contributed by atoms with E-state index < -0.39 is 29.6 Å². The first-order valence-electron chi connectivity index (χ1n) is 11.6. The van der Waals surface area contributed by atoms with E-state index in [1.165, 1.54) is 40.5 Å². The smallest absolute Gasteiger partial charge is 0.287 e. The van der Waals surface area contributed by atoms with Crippen molar-refractivity contribution in [2.24, 2.45) is 0 Å². The van der Waals surface area contributed by atoms with Gasteiger partial charge in [0.1, 0.15) is 18.1 Å². The van der Waals surface area contributed by atoms with Crippen LogP contribution >= 0.6 is 23.1 Å². The Kier molecular flexibility index (Phi) is 6.29. The molecule has 0 bridgehead atoms. The number of amides is 3. The summed E-state index contributed by atoms with van der Waals surface area (Å²) < 4.78 is 25.7. The molecule has 0 aliphatic carbocycles. The third-order valence-corrected chi connectivity index (χ3v) is 7.27. The quantitative estimate of drug-likeness (QED) is 0.285. The molecule has 3 aromatic heterocycles. The summed E-state index contributed by atoms with van der Waals surface area (Å²) in [6.45, 7) is -0.259. The Morgan fingerprint density at radius 2 is 2.05 bits per heavy atom. The number of anilines is 1. The standard InChI is InChI=1S/C25H17ClFN7O4S/c26-16-6-5-12(27)9-15(16)19-21-22(32-24(36)20-14-3-1-2-4-17(14)39-33-20)31-23(34(21)11-18(35)30-19)25(37)28-10-13-7-8-29-38-13/h1-9,19H,10-11H2,(H,28,37)(H,30,35)(H,32,36). The molecule has 1 atom stereocenters. The molecule has 2 aromatic carbocycles. The van der Waals surface area contributed by atoms with Crippen LogP contribution < -0.4 is 16.0 Å². The maximum atomic E-state index is 14.2. The van der Waals surface area contributed by atoms with Crippen LogP contribution in [0.1, 0.15) is 44.2 Å². The molecule has 196 valence electrons. The lowest BCUT2D eigenvalue weighted by molar-refractivity contribution is -0.123. The third kappa shape index (κ3) is 4.62. The van der Waals surface area contributed by atoms with Crippen LogP contribution in [0, 0.1) is 5.82 Å². The van der Waals surface area contributed by atoms with Crippen LogP contribution in [0.3, 0.4) is 0 Å². The fourth-order valence-electron chi connectivity index (χ4n) is 4.36. The van der Waals surface area contributed by atoms with Gasteiger partial charge in [-0.05, 0) is 35.8 Å². The zero-order chi connectivity index (χ0) is 27.1. The number of imidazole rings is 1. The molecule has 0 radical (unpaired) electrons. The fourth-order valence-corrected chi connectivity index (χ4v) is 5.36. The topological polar surface area (TPSA) is 144 Å². The number of benzene rings is 2. The highest BCUT2D eigenvalue weighted by atomic mass is 35.5. The van der Waals surface area contributed by atoms with Gasteiger partial charge in [-0.15, -0.1) is 0 Å². The van der Waals surface area contributed by atoms with Gasteiger partial charge < -0.3 is 25.0 Å². The van der Waals surface area contributed by atoms with E-state index in [4.69, 9.17) is 16.1 Å². The Morgan fingerprint density at radius 1 is 1.21 bits per heavy atom. The second-order valence-corrected chi connectivity index (χ2v) is 9.78. The van der Waals surface area contributed by atoms with Gasteiger partial charge in [0, 0.05) is 22.0 Å². The molecule has 0 saturated heterocycles. The number of fused-ring (bicyclic) bond motifs is 2. The van der Waals surface area contributed by atoms with Crippen molar-refractivity contribution in [1.82, 2.24) is 29.7 Å². The average molecular weight is 566 g/mol. The van der Waals surface area contributed by atoms with Gasteiger partial charge in [-0.25, -0.2) is 9.37 Å². The molecule has 3 N–H and O–H groups in total. The average Bonchev–Trinajstić information content (AvgIpc) is 3.67. The maximum absolute atomic E-state index is 14.2. The minimum Gasteiger partial charge on any atom is -0.360 e. The number of aromatic nitrogens is 4. The van der Waals surface area contributed by atoms with Gasteiger partial charge in [0.15, 0.2) is 11.6 Å². The van der Waals surface area contributed by atoms with Crippen molar-refractivity contribution in [2.45, 2.75) is 19.1 Å². The van der Waals surface area contributed by atoms with Gasteiger partial charge in [0.25, 0.3) is 11.8 Å². The van der Waals surface area contributed by atoms with Crippen molar-refractivity contribution in [3.8, 4) is 0 Å². The Bertz CT molecular complexity index is 1750. The second kappa shape index (κ2) is 9.93. The van der Waals surface area contributed by atoms with Crippen LogP contribution in [0.2, 0.25) is 5.02 Å². The lowest BCUT2D eigenvalue weighted by atomic mass is 10.0. The SMILES string of the molecule is O=C1Cn2c(C(=O)NCc3ccno3)nc(NC(=O)c3nsc4ccccc34)c2C(c2cc(F)ccc2Cl)N1. The molecule has 1 aliphatic rings. The summed E-state index contributed by atoms with van der Waals surface area (Å²) in [6.07, 6.45) is 1.44. The van der Waals surface area contributed by atoms with Gasteiger partial charge in [-0.1, -0.05) is 35.0 Å². The highest BCUT2D eigenvalue weighted by molar-refractivity contribution is 7.13. The highest BCUT2D eigenvalue weighted by Gasteiger charge is 2.36. The molecule has 1 aliphatic heterocycles. The summed E-state index contributed by atoms with van der Waals surface area (Å²) in [5, 5.41) is 12.6. The molecule has 6 rings (SSSR count). The number of hydrogen-bond donors (Lipinski definition) is 3. The Labute approximate surface area is 228 Å². The van der Waals surface area contributed by atoms with E-state index in [1.54, 1.807) is 18.2 Å². The Balaban J connectivity index is 1.43. The first-order valence-corrected chi connectivity index (χ1v) is 12.7. The molecule has 4 heterocycles. The summed E-state index contributed by atoms with van der Waals surface area (Å²) in [4.78, 5) is 43.7. The normalized spacial score (nSPS) is 14.6. The molecule has 39 heavy (non-hydrogen) atoms. The molecule has 0 spiro atoms. The number of carbonyl (C=O) groups excluding carboxylic acids is 3. The summed E-state index contributed by atoms with van der Waals surface area (Å²) in [7, 11) is 0. The van der Waals surface area contributed by atoms with Crippen molar-refractivity contribution >= 4 is 56.8 Å². The summed E-state index contributed by atoms with van der Waals surface area (Å²) in [6, 6.07) is 11.5. The predicted molar refractivity (Wildman–Crippen MR) is 139 cm³/mol. The largest absolute Gasteiger partial charge is 0.360 e. The molecular weight excluding hydrogens is 549 g/mol. The minimum absolute atomic E-state index is 0.00720. The molecular formula is C25H17ClFN7O4S. The number of nitrogens with zero attached hydrogens (tertiary/aromatic N) is 4. The Hall–Kier alpha value is -4.62. The van der Waals surface area contributed by atoms with Crippen molar-refractivity contribution < 1.29 is 23.3 Å². The van der Waals surface area contributed by atoms with E-state index in [-0.39, 0.29) is 46.7 Å². The van der Waals surface area contributed by atoms with Crippen molar-refractivity contribution in [3.05, 3.63) is 94.1 Å². The fraction of sp³-hybridized carbons (Fsp3) is 0.120.